The van der Waals surface area contributed by atoms with Gasteiger partial charge < -0.3 is 9.47 Å². The zero-order valence-corrected chi connectivity index (χ0v) is 18.9. The summed E-state index contributed by atoms with van der Waals surface area (Å²) in [6, 6.07) is 34.3. The van der Waals surface area contributed by atoms with Crippen LogP contribution in [0.2, 0.25) is 0 Å². The average molecular weight is 423 g/mol. The molecule has 4 aromatic rings. The average Bonchev–Trinajstić information content (AvgIpc) is 2.83. The molecule has 0 aliphatic carbocycles. The first-order chi connectivity index (χ1) is 15.8. The molecule has 0 unspecified atom stereocenters. The summed E-state index contributed by atoms with van der Waals surface area (Å²) in [6.07, 6.45) is 1.78. The van der Waals surface area contributed by atoms with Crippen LogP contribution in [0.15, 0.2) is 97.1 Å². The molecule has 2 heteroatoms. The van der Waals surface area contributed by atoms with Crippen molar-refractivity contribution in [3.63, 3.8) is 0 Å². The number of hydrogen-bond acceptors (Lipinski definition) is 2. The maximum Gasteiger partial charge on any atom is 0.119 e. The summed E-state index contributed by atoms with van der Waals surface area (Å²) in [4.78, 5) is 0. The molecule has 0 heterocycles. The standard InChI is InChI=1S/C30H30O2/c1-3-31-27-17-13-23(14-18-27)21-25-9-5-7-11-29(25)30-12-8-6-10-26(30)22-24-15-19-28(20-16-24)32-4-2/h5-20H,3-4,21-22H2,1-2H3. The van der Waals surface area contributed by atoms with Gasteiger partial charge in [-0.15, -0.1) is 0 Å². The Bertz CT molecular complexity index is 1040. The second-order valence-electron chi connectivity index (χ2n) is 7.82. The van der Waals surface area contributed by atoms with Crippen molar-refractivity contribution in [1.82, 2.24) is 0 Å². The molecule has 0 aliphatic heterocycles. The van der Waals surface area contributed by atoms with Crippen molar-refractivity contribution in [2.24, 2.45) is 0 Å². The molecule has 162 valence electrons. The lowest BCUT2D eigenvalue weighted by molar-refractivity contribution is 0.340. The van der Waals surface area contributed by atoms with Gasteiger partial charge in [0.1, 0.15) is 11.5 Å². The van der Waals surface area contributed by atoms with E-state index in [1.807, 2.05) is 13.8 Å². The van der Waals surface area contributed by atoms with Gasteiger partial charge in [-0.2, -0.15) is 0 Å². The molecule has 0 aromatic heterocycles. The van der Waals surface area contributed by atoms with Crippen molar-refractivity contribution in [2.45, 2.75) is 26.7 Å². The highest BCUT2D eigenvalue weighted by molar-refractivity contribution is 5.71. The highest BCUT2D eigenvalue weighted by atomic mass is 16.5. The van der Waals surface area contributed by atoms with E-state index in [4.69, 9.17) is 9.47 Å². The molecule has 0 amide bonds. The van der Waals surface area contributed by atoms with Gasteiger partial charge in [-0.1, -0.05) is 72.8 Å². The number of hydrogen-bond donors (Lipinski definition) is 0. The molecule has 4 rings (SSSR count). The maximum absolute atomic E-state index is 5.59. The van der Waals surface area contributed by atoms with E-state index in [2.05, 4.69) is 97.1 Å². The molecule has 0 fully saturated rings. The van der Waals surface area contributed by atoms with E-state index in [0.717, 1.165) is 24.3 Å². The summed E-state index contributed by atoms with van der Waals surface area (Å²) < 4.78 is 11.2. The summed E-state index contributed by atoms with van der Waals surface area (Å²) in [6.45, 7) is 5.39. The maximum atomic E-state index is 5.59. The number of benzene rings is 4. The fraction of sp³-hybridized carbons (Fsp3) is 0.200. The van der Waals surface area contributed by atoms with Crippen LogP contribution in [0, 0.1) is 0 Å². The Kier molecular flexibility index (Phi) is 7.24. The van der Waals surface area contributed by atoms with Crippen molar-refractivity contribution in [3.8, 4) is 22.6 Å². The zero-order chi connectivity index (χ0) is 22.2. The molecule has 0 aliphatic rings. The first-order valence-corrected chi connectivity index (χ1v) is 11.4. The molecule has 0 saturated carbocycles. The first kappa shape index (κ1) is 21.7. The van der Waals surface area contributed by atoms with Gasteiger partial charge in [-0.25, -0.2) is 0 Å². The summed E-state index contributed by atoms with van der Waals surface area (Å²) in [7, 11) is 0. The van der Waals surface area contributed by atoms with Gasteiger partial charge in [-0.3, -0.25) is 0 Å². The van der Waals surface area contributed by atoms with E-state index < -0.39 is 0 Å². The smallest absolute Gasteiger partial charge is 0.119 e. The van der Waals surface area contributed by atoms with E-state index in [9.17, 15) is 0 Å². The van der Waals surface area contributed by atoms with Gasteiger partial charge in [0.05, 0.1) is 13.2 Å². The van der Waals surface area contributed by atoms with Gasteiger partial charge in [0.25, 0.3) is 0 Å². The summed E-state index contributed by atoms with van der Waals surface area (Å²) in [5.41, 5.74) is 7.81. The minimum atomic E-state index is 0.688. The molecule has 32 heavy (non-hydrogen) atoms. The predicted molar refractivity (Wildman–Crippen MR) is 133 cm³/mol. The van der Waals surface area contributed by atoms with E-state index in [1.165, 1.54) is 33.4 Å². The lowest BCUT2D eigenvalue weighted by atomic mass is 9.90. The SMILES string of the molecule is CCOc1ccc(Cc2ccccc2-c2ccccc2Cc2ccc(OCC)cc2)cc1. The Labute approximate surface area is 191 Å². The topological polar surface area (TPSA) is 18.5 Å². The van der Waals surface area contributed by atoms with Crippen LogP contribution in [-0.2, 0) is 12.8 Å². The highest BCUT2D eigenvalue weighted by Crippen LogP contribution is 2.30. The van der Waals surface area contributed by atoms with Crippen molar-refractivity contribution >= 4 is 0 Å². The predicted octanol–water partition coefficient (Wildman–Crippen LogP) is 7.33. The van der Waals surface area contributed by atoms with Gasteiger partial charge in [0, 0.05) is 0 Å². The fourth-order valence-corrected chi connectivity index (χ4v) is 4.05. The largest absolute Gasteiger partial charge is 0.494 e. The van der Waals surface area contributed by atoms with Crippen LogP contribution in [0.25, 0.3) is 11.1 Å². The molecular weight excluding hydrogens is 392 g/mol. The molecule has 4 aromatic carbocycles. The third-order valence-corrected chi connectivity index (χ3v) is 5.58. The molecule has 0 radical (unpaired) electrons. The van der Waals surface area contributed by atoms with Gasteiger partial charge in [0.15, 0.2) is 0 Å². The third-order valence-electron chi connectivity index (χ3n) is 5.58. The lowest BCUT2D eigenvalue weighted by Gasteiger charge is -2.15. The van der Waals surface area contributed by atoms with Crippen LogP contribution in [0.3, 0.4) is 0 Å². The van der Waals surface area contributed by atoms with E-state index in [0.29, 0.717) is 13.2 Å². The van der Waals surface area contributed by atoms with E-state index >= 15 is 0 Å². The van der Waals surface area contributed by atoms with Crippen LogP contribution >= 0.6 is 0 Å². The number of ether oxygens (including phenoxy) is 2. The van der Waals surface area contributed by atoms with Crippen molar-refractivity contribution in [3.05, 3.63) is 119 Å². The Balaban J connectivity index is 1.60. The van der Waals surface area contributed by atoms with E-state index in [1.54, 1.807) is 0 Å². The molecule has 2 nitrogen and oxygen atoms in total. The monoisotopic (exact) mass is 422 g/mol. The summed E-state index contributed by atoms with van der Waals surface area (Å²) in [5.74, 6) is 1.84. The zero-order valence-electron chi connectivity index (χ0n) is 18.9. The second kappa shape index (κ2) is 10.7. The minimum absolute atomic E-state index is 0.688. The van der Waals surface area contributed by atoms with Gasteiger partial charge >= 0.3 is 0 Å². The lowest BCUT2D eigenvalue weighted by Crippen LogP contribution is -1.97. The fourth-order valence-electron chi connectivity index (χ4n) is 4.05. The Morgan fingerprint density at radius 1 is 0.469 bits per heavy atom. The van der Waals surface area contributed by atoms with Crippen LogP contribution < -0.4 is 9.47 Å². The van der Waals surface area contributed by atoms with Crippen molar-refractivity contribution in [2.75, 3.05) is 13.2 Å². The Morgan fingerprint density at radius 3 is 1.22 bits per heavy atom. The van der Waals surface area contributed by atoms with Crippen LogP contribution in [0.5, 0.6) is 11.5 Å². The van der Waals surface area contributed by atoms with Gasteiger partial charge in [0.2, 0.25) is 0 Å². The summed E-state index contributed by atoms with van der Waals surface area (Å²) >= 11 is 0. The molecule has 0 bridgehead atoms. The van der Waals surface area contributed by atoms with Gasteiger partial charge in [-0.05, 0) is 84.3 Å². The Morgan fingerprint density at radius 2 is 0.844 bits per heavy atom. The molecule has 0 N–H and O–H groups in total. The second-order valence-corrected chi connectivity index (χ2v) is 7.82. The normalized spacial score (nSPS) is 10.7. The van der Waals surface area contributed by atoms with Crippen molar-refractivity contribution < 1.29 is 9.47 Å². The summed E-state index contributed by atoms with van der Waals surface area (Å²) in [5, 5.41) is 0. The molecule has 0 saturated heterocycles. The van der Waals surface area contributed by atoms with Crippen molar-refractivity contribution in [1.29, 1.82) is 0 Å². The highest BCUT2D eigenvalue weighted by Gasteiger charge is 2.11. The molecule has 0 atom stereocenters. The van der Waals surface area contributed by atoms with Crippen LogP contribution in [-0.4, -0.2) is 13.2 Å². The Hall–Kier alpha value is -3.52. The van der Waals surface area contributed by atoms with Crippen LogP contribution in [0.1, 0.15) is 36.1 Å². The quantitative estimate of drug-likeness (QED) is 0.281. The van der Waals surface area contributed by atoms with Crippen LogP contribution in [0.4, 0.5) is 0 Å². The third kappa shape index (κ3) is 5.39. The minimum Gasteiger partial charge on any atom is -0.494 e. The number of rotatable bonds is 9. The van der Waals surface area contributed by atoms with E-state index in [-0.39, 0.29) is 0 Å². The molecular formula is C30H30O2. The first-order valence-electron chi connectivity index (χ1n) is 11.4. The molecule has 0 spiro atoms.